The first-order chi connectivity index (χ1) is 9.69. The van der Waals surface area contributed by atoms with Gasteiger partial charge < -0.3 is 15.7 Å². The van der Waals surface area contributed by atoms with Crippen LogP contribution in [0.15, 0.2) is 17.0 Å². The molecule has 1 aromatic rings. The van der Waals surface area contributed by atoms with Crippen molar-refractivity contribution in [2.75, 3.05) is 6.61 Å². The predicted octanol–water partition coefficient (Wildman–Crippen LogP) is 1.59. The van der Waals surface area contributed by atoms with E-state index in [0.29, 0.717) is 16.8 Å². The Hall–Kier alpha value is -1.21. The number of nitrogens with one attached hydrogen (secondary N) is 2. The second-order valence-corrected chi connectivity index (χ2v) is 5.80. The van der Waals surface area contributed by atoms with E-state index in [1.54, 1.807) is 12.4 Å². The molecule has 0 spiro atoms. The Labute approximate surface area is 126 Å². The number of amides is 2. The first-order valence-electron chi connectivity index (χ1n) is 6.80. The molecule has 2 amide bonds. The zero-order chi connectivity index (χ0) is 14.4. The zero-order valence-electron chi connectivity index (χ0n) is 11.2. The van der Waals surface area contributed by atoms with Crippen LogP contribution in [-0.2, 0) is 6.54 Å². The summed E-state index contributed by atoms with van der Waals surface area (Å²) in [6, 6.07) is -0.162. The number of hydrogen-bond donors (Lipinski definition) is 3. The third kappa shape index (κ3) is 4.42. The van der Waals surface area contributed by atoms with Crippen LogP contribution in [0.3, 0.4) is 0 Å². The van der Waals surface area contributed by atoms with Crippen LogP contribution >= 0.6 is 15.9 Å². The van der Waals surface area contributed by atoms with Gasteiger partial charge in [-0.05, 0) is 28.8 Å². The van der Waals surface area contributed by atoms with Gasteiger partial charge in [-0.3, -0.25) is 4.98 Å². The molecule has 0 saturated heterocycles. The van der Waals surface area contributed by atoms with Crippen LogP contribution in [0, 0.1) is 5.92 Å². The summed E-state index contributed by atoms with van der Waals surface area (Å²) >= 11 is 3.21. The van der Waals surface area contributed by atoms with Gasteiger partial charge in [-0.15, -0.1) is 0 Å². The summed E-state index contributed by atoms with van der Waals surface area (Å²) < 4.78 is 0.665. The molecule has 1 aromatic heterocycles. The number of aliphatic hydroxyl groups is 1. The summed E-state index contributed by atoms with van der Waals surface area (Å²) in [6.45, 7) is 0.464. The van der Waals surface area contributed by atoms with Gasteiger partial charge in [0.2, 0.25) is 0 Å². The number of rotatable bonds is 4. The fraction of sp³-hybridized carbons (Fsp3) is 0.615. The lowest BCUT2D eigenvalue weighted by molar-refractivity contribution is 0.153. The molecule has 6 nitrogen and oxygen atoms in total. The average Bonchev–Trinajstić information content (AvgIpc) is 2.47. The Balaban J connectivity index is 1.78. The summed E-state index contributed by atoms with van der Waals surface area (Å²) in [5.41, 5.74) is 0.700. The van der Waals surface area contributed by atoms with Gasteiger partial charge in [-0.1, -0.05) is 12.8 Å². The molecule has 1 saturated carbocycles. The zero-order valence-corrected chi connectivity index (χ0v) is 12.8. The minimum atomic E-state index is -0.222. The molecule has 0 aromatic carbocycles. The van der Waals surface area contributed by atoms with Gasteiger partial charge in [0.15, 0.2) is 0 Å². The van der Waals surface area contributed by atoms with Crippen molar-refractivity contribution in [3.8, 4) is 0 Å². The van der Waals surface area contributed by atoms with Crippen molar-refractivity contribution in [3.05, 3.63) is 22.7 Å². The molecule has 1 aliphatic carbocycles. The highest BCUT2D eigenvalue weighted by Crippen LogP contribution is 2.23. The smallest absolute Gasteiger partial charge is 0.315 e. The van der Waals surface area contributed by atoms with E-state index >= 15 is 0 Å². The molecule has 2 unspecified atom stereocenters. The molecule has 7 heteroatoms. The third-order valence-electron chi connectivity index (χ3n) is 3.56. The highest BCUT2D eigenvalue weighted by molar-refractivity contribution is 9.10. The maximum Gasteiger partial charge on any atom is 0.315 e. The van der Waals surface area contributed by atoms with E-state index < -0.39 is 0 Å². The Bertz CT molecular complexity index is 441. The normalized spacial score (nSPS) is 22.3. The van der Waals surface area contributed by atoms with Gasteiger partial charge >= 0.3 is 6.03 Å². The number of carbonyl (C=O) groups excluding carboxylic acids is 1. The lowest BCUT2D eigenvalue weighted by Gasteiger charge is -2.30. The number of aliphatic hydroxyl groups excluding tert-OH is 1. The van der Waals surface area contributed by atoms with E-state index in [1.807, 2.05) is 0 Å². The van der Waals surface area contributed by atoms with Crippen LogP contribution in [0.1, 0.15) is 31.4 Å². The number of nitrogens with zero attached hydrogens (tertiary/aromatic N) is 2. The van der Waals surface area contributed by atoms with Gasteiger partial charge in [0, 0.05) is 18.6 Å². The third-order valence-corrected chi connectivity index (χ3v) is 3.97. The predicted molar refractivity (Wildman–Crippen MR) is 77.9 cm³/mol. The molecule has 110 valence electrons. The maximum absolute atomic E-state index is 11.9. The summed E-state index contributed by atoms with van der Waals surface area (Å²) in [6.07, 6.45) is 7.33. The molecule has 1 aliphatic rings. The molecule has 2 atom stereocenters. The Morgan fingerprint density at radius 2 is 2.15 bits per heavy atom. The standard InChI is InChI=1S/C13H19BrN4O2/c14-12-7-15-10(5-16-12)6-17-13(20)18-11-4-2-1-3-9(11)8-19/h5,7,9,11,19H,1-4,6,8H2,(H2,17,18,20). The maximum atomic E-state index is 11.9. The molecular formula is C13H19BrN4O2. The van der Waals surface area contributed by atoms with Gasteiger partial charge in [-0.2, -0.15) is 0 Å². The molecule has 0 aliphatic heterocycles. The lowest BCUT2D eigenvalue weighted by Crippen LogP contribution is -2.47. The quantitative estimate of drug-likeness (QED) is 0.775. The van der Waals surface area contributed by atoms with Crippen LogP contribution in [-0.4, -0.2) is 33.8 Å². The van der Waals surface area contributed by atoms with Gasteiger partial charge in [0.1, 0.15) is 4.60 Å². The topological polar surface area (TPSA) is 87.1 Å². The highest BCUT2D eigenvalue weighted by atomic mass is 79.9. The van der Waals surface area contributed by atoms with Crippen molar-refractivity contribution in [1.29, 1.82) is 0 Å². The molecule has 0 radical (unpaired) electrons. The molecule has 1 fully saturated rings. The van der Waals surface area contributed by atoms with Crippen LogP contribution in [0.4, 0.5) is 4.79 Å². The minimum Gasteiger partial charge on any atom is -0.396 e. The van der Waals surface area contributed by atoms with E-state index in [-0.39, 0.29) is 24.6 Å². The largest absolute Gasteiger partial charge is 0.396 e. The number of carbonyl (C=O) groups is 1. The summed E-state index contributed by atoms with van der Waals surface area (Å²) in [5, 5.41) is 15.0. The molecule has 2 rings (SSSR count). The summed E-state index contributed by atoms with van der Waals surface area (Å²) in [7, 11) is 0. The average molecular weight is 343 g/mol. The van der Waals surface area contributed by atoms with E-state index in [1.165, 1.54) is 0 Å². The number of aromatic nitrogens is 2. The molecular weight excluding hydrogens is 324 g/mol. The first kappa shape index (κ1) is 15.2. The van der Waals surface area contributed by atoms with E-state index in [4.69, 9.17) is 0 Å². The van der Waals surface area contributed by atoms with Crippen molar-refractivity contribution in [2.45, 2.75) is 38.3 Å². The van der Waals surface area contributed by atoms with Gasteiger partial charge in [0.05, 0.1) is 24.6 Å². The van der Waals surface area contributed by atoms with Crippen LogP contribution in [0.25, 0.3) is 0 Å². The van der Waals surface area contributed by atoms with Crippen molar-refractivity contribution in [1.82, 2.24) is 20.6 Å². The molecule has 3 N–H and O–H groups in total. The monoisotopic (exact) mass is 342 g/mol. The lowest BCUT2D eigenvalue weighted by atomic mass is 9.85. The van der Waals surface area contributed by atoms with Crippen molar-refractivity contribution < 1.29 is 9.90 Å². The molecule has 0 bridgehead atoms. The van der Waals surface area contributed by atoms with E-state index in [2.05, 4.69) is 36.5 Å². The highest BCUT2D eigenvalue weighted by Gasteiger charge is 2.25. The number of urea groups is 1. The van der Waals surface area contributed by atoms with E-state index in [0.717, 1.165) is 25.7 Å². The second kappa shape index (κ2) is 7.54. The number of hydrogen-bond acceptors (Lipinski definition) is 4. The van der Waals surface area contributed by atoms with Gasteiger partial charge in [-0.25, -0.2) is 9.78 Å². The van der Waals surface area contributed by atoms with Crippen molar-refractivity contribution in [3.63, 3.8) is 0 Å². The minimum absolute atomic E-state index is 0.0600. The summed E-state index contributed by atoms with van der Waals surface area (Å²) in [4.78, 5) is 20.0. The summed E-state index contributed by atoms with van der Waals surface area (Å²) in [5.74, 6) is 0.168. The van der Waals surface area contributed by atoms with Crippen LogP contribution in [0.5, 0.6) is 0 Å². The number of halogens is 1. The SMILES string of the molecule is O=C(NCc1cnc(Br)cn1)NC1CCCCC1CO. The Morgan fingerprint density at radius 1 is 1.35 bits per heavy atom. The fourth-order valence-electron chi connectivity index (χ4n) is 2.44. The van der Waals surface area contributed by atoms with Gasteiger partial charge in [0.25, 0.3) is 0 Å². The van der Waals surface area contributed by atoms with Crippen LogP contribution < -0.4 is 10.6 Å². The van der Waals surface area contributed by atoms with E-state index in [9.17, 15) is 9.90 Å². The van der Waals surface area contributed by atoms with Crippen molar-refractivity contribution in [2.24, 2.45) is 5.92 Å². The van der Waals surface area contributed by atoms with Crippen molar-refractivity contribution >= 4 is 22.0 Å². The fourth-order valence-corrected chi connectivity index (χ4v) is 2.64. The molecule has 1 heterocycles. The van der Waals surface area contributed by atoms with Crippen LogP contribution in [0.2, 0.25) is 0 Å². The molecule has 20 heavy (non-hydrogen) atoms. The Morgan fingerprint density at radius 3 is 2.85 bits per heavy atom. The second-order valence-electron chi connectivity index (χ2n) is 4.99. The first-order valence-corrected chi connectivity index (χ1v) is 7.60. The Kier molecular flexibility index (Phi) is 5.72.